The van der Waals surface area contributed by atoms with E-state index in [2.05, 4.69) is 26.6 Å². The molecule has 1 aliphatic rings. The van der Waals surface area contributed by atoms with Crippen LogP contribution < -0.4 is 16.4 Å². The first-order valence-electron chi connectivity index (χ1n) is 13.5. The molecule has 216 valence electrons. The second kappa shape index (κ2) is 14.7. The van der Waals surface area contributed by atoms with Crippen LogP contribution in [0.4, 0.5) is 0 Å². The predicted molar refractivity (Wildman–Crippen MR) is 162 cm³/mol. The Morgan fingerprint density at radius 3 is 2.39 bits per heavy atom. The summed E-state index contributed by atoms with van der Waals surface area (Å²) in [7, 11) is -3.70. The Balaban J connectivity index is 1.40. The van der Waals surface area contributed by atoms with Gasteiger partial charge in [-0.3, -0.25) is 9.59 Å². The quantitative estimate of drug-likeness (QED) is 0.258. The molecular formula is C31H34BrN3O5S. The van der Waals surface area contributed by atoms with E-state index in [-0.39, 0.29) is 17.1 Å². The molecule has 4 N–H and O–H groups in total. The van der Waals surface area contributed by atoms with Crippen molar-refractivity contribution in [1.29, 1.82) is 0 Å². The van der Waals surface area contributed by atoms with Crippen molar-refractivity contribution in [2.75, 3.05) is 19.7 Å². The van der Waals surface area contributed by atoms with Gasteiger partial charge in [0.15, 0.2) is 15.6 Å². The standard InChI is InChI=1S/C31H34BrN3O5S/c32-25-11-14-27(15-12-25)41(38,39)19-16-26(13-8-22-4-2-1-3-5-22)35-31(37)28(33)20-23-6-9-24(10-7-23)30(36)29-21-34-17-18-40-29/h1-7,9-12,14-16,19,26,28-29,34H,8,13,17-18,20-21,33H2,(H,35,37)/t26-,28-,29?/m0/s1. The van der Waals surface area contributed by atoms with E-state index >= 15 is 0 Å². The highest BCUT2D eigenvalue weighted by molar-refractivity contribution is 9.10. The van der Waals surface area contributed by atoms with Gasteiger partial charge in [0, 0.05) is 34.6 Å². The largest absolute Gasteiger partial charge is 0.367 e. The number of carbonyl (C=O) groups excluding carboxylic acids is 2. The number of morpholine rings is 1. The Labute approximate surface area is 249 Å². The number of aryl methyl sites for hydroxylation is 1. The molecule has 0 aromatic heterocycles. The molecule has 0 saturated carbocycles. The van der Waals surface area contributed by atoms with Gasteiger partial charge in [0.05, 0.1) is 17.5 Å². The third kappa shape index (κ3) is 9.17. The Kier molecular flexibility index (Phi) is 11.0. The van der Waals surface area contributed by atoms with E-state index < -0.39 is 33.9 Å². The summed E-state index contributed by atoms with van der Waals surface area (Å²) in [6.07, 6.45) is 2.39. The molecule has 1 amide bonds. The molecule has 0 bridgehead atoms. The van der Waals surface area contributed by atoms with Crippen molar-refractivity contribution >= 4 is 37.5 Å². The monoisotopic (exact) mass is 639 g/mol. The van der Waals surface area contributed by atoms with Gasteiger partial charge in [-0.15, -0.1) is 0 Å². The van der Waals surface area contributed by atoms with Gasteiger partial charge in [0.25, 0.3) is 0 Å². The number of hydrogen-bond donors (Lipinski definition) is 3. The molecule has 41 heavy (non-hydrogen) atoms. The number of amides is 1. The van der Waals surface area contributed by atoms with Crippen LogP contribution in [0.1, 0.15) is 27.9 Å². The zero-order valence-electron chi connectivity index (χ0n) is 22.5. The van der Waals surface area contributed by atoms with Crippen molar-refractivity contribution in [2.24, 2.45) is 5.73 Å². The second-order valence-corrected chi connectivity index (χ2v) is 12.7. The van der Waals surface area contributed by atoms with Gasteiger partial charge in [-0.25, -0.2) is 8.42 Å². The maximum absolute atomic E-state index is 13.1. The lowest BCUT2D eigenvalue weighted by Crippen LogP contribution is -2.46. The van der Waals surface area contributed by atoms with Crippen LogP contribution in [0.5, 0.6) is 0 Å². The average molecular weight is 641 g/mol. The maximum atomic E-state index is 13.1. The Hall–Kier alpha value is -3.15. The first kappa shape index (κ1) is 30.8. The number of ether oxygens (including phenoxy) is 1. The van der Waals surface area contributed by atoms with Gasteiger partial charge in [0.1, 0.15) is 6.10 Å². The molecule has 3 atom stereocenters. The van der Waals surface area contributed by atoms with Gasteiger partial charge < -0.3 is 21.1 Å². The van der Waals surface area contributed by atoms with E-state index in [9.17, 15) is 18.0 Å². The van der Waals surface area contributed by atoms with Crippen LogP contribution in [-0.4, -0.2) is 58.0 Å². The summed E-state index contributed by atoms with van der Waals surface area (Å²) < 4.78 is 32.1. The first-order valence-corrected chi connectivity index (χ1v) is 15.8. The maximum Gasteiger partial charge on any atom is 0.237 e. The highest BCUT2D eigenvalue weighted by Gasteiger charge is 2.23. The molecular weight excluding hydrogens is 606 g/mol. The summed E-state index contributed by atoms with van der Waals surface area (Å²) >= 11 is 3.31. The fourth-order valence-electron chi connectivity index (χ4n) is 4.45. The number of ketones is 1. The normalized spacial score (nSPS) is 17.2. The number of sulfone groups is 1. The molecule has 3 aromatic carbocycles. The van der Waals surface area contributed by atoms with Crippen LogP contribution in [0.2, 0.25) is 0 Å². The number of benzene rings is 3. The highest BCUT2D eigenvalue weighted by atomic mass is 79.9. The van der Waals surface area contributed by atoms with E-state index in [1.54, 1.807) is 36.4 Å². The Morgan fingerprint density at radius 1 is 1.02 bits per heavy atom. The van der Waals surface area contributed by atoms with Crippen LogP contribution in [0.3, 0.4) is 0 Å². The van der Waals surface area contributed by atoms with Gasteiger partial charge >= 0.3 is 0 Å². The van der Waals surface area contributed by atoms with Gasteiger partial charge in [0.2, 0.25) is 5.91 Å². The number of Topliss-reactive ketones (excluding diaryl/α,β-unsaturated/α-hetero) is 1. The minimum Gasteiger partial charge on any atom is -0.367 e. The van der Waals surface area contributed by atoms with Crippen LogP contribution in [0, 0.1) is 0 Å². The summed E-state index contributed by atoms with van der Waals surface area (Å²) in [5.41, 5.74) is 8.67. The van der Waals surface area contributed by atoms with E-state index in [0.717, 1.165) is 27.6 Å². The molecule has 3 aromatic rings. The van der Waals surface area contributed by atoms with E-state index in [1.807, 2.05) is 30.3 Å². The highest BCUT2D eigenvalue weighted by Crippen LogP contribution is 2.18. The summed E-state index contributed by atoms with van der Waals surface area (Å²) in [6, 6.07) is 21.7. The second-order valence-electron chi connectivity index (χ2n) is 9.90. The predicted octanol–water partition coefficient (Wildman–Crippen LogP) is 3.60. The van der Waals surface area contributed by atoms with Crippen LogP contribution in [-0.2, 0) is 32.2 Å². The SMILES string of the molecule is N[C@@H](Cc1ccc(C(=O)C2CNCCO2)cc1)C(=O)N[C@H](C=CS(=O)(=O)c1ccc(Br)cc1)CCc1ccccc1. The van der Waals surface area contributed by atoms with Crippen LogP contribution in [0.25, 0.3) is 0 Å². The lowest BCUT2D eigenvalue weighted by Gasteiger charge is -2.22. The fraction of sp³-hybridized carbons (Fsp3) is 0.290. The first-order chi connectivity index (χ1) is 19.7. The number of nitrogens with one attached hydrogen (secondary N) is 2. The van der Waals surface area contributed by atoms with Gasteiger partial charge in [-0.1, -0.05) is 76.6 Å². The fourth-order valence-corrected chi connectivity index (χ4v) is 5.78. The van der Waals surface area contributed by atoms with E-state index in [4.69, 9.17) is 10.5 Å². The molecule has 1 saturated heterocycles. The van der Waals surface area contributed by atoms with Crippen molar-refractivity contribution in [3.05, 3.63) is 112 Å². The Bertz CT molecular complexity index is 1440. The summed E-state index contributed by atoms with van der Waals surface area (Å²) in [4.78, 5) is 25.9. The van der Waals surface area contributed by atoms with Gasteiger partial charge in [-0.05, 0) is 54.7 Å². The van der Waals surface area contributed by atoms with Crippen LogP contribution in [0.15, 0.2) is 99.7 Å². The lowest BCUT2D eigenvalue weighted by molar-refractivity contribution is -0.122. The summed E-state index contributed by atoms with van der Waals surface area (Å²) in [5.74, 6) is -0.479. The third-order valence-electron chi connectivity index (χ3n) is 6.80. The molecule has 0 aliphatic carbocycles. The van der Waals surface area contributed by atoms with E-state index in [0.29, 0.717) is 31.6 Å². The average Bonchev–Trinajstić information content (AvgIpc) is 2.99. The molecule has 1 aliphatic heterocycles. The molecule has 1 unspecified atom stereocenters. The molecule has 4 rings (SSSR count). The number of hydrogen-bond acceptors (Lipinski definition) is 7. The van der Waals surface area contributed by atoms with Gasteiger partial charge in [-0.2, -0.15) is 0 Å². The third-order valence-corrected chi connectivity index (χ3v) is 8.77. The van der Waals surface area contributed by atoms with Crippen molar-refractivity contribution in [3.8, 4) is 0 Å². The molecule has 8 nitrogen and oxygen atoms in total. The lowest BCUT2D eigenvalue weighted by atomic mass is 10.00. The minimum atomic E-state index is -3.70. The molecule has 0 radical (unpaired) electrons. The Morgan fingerprint density at radius 2 is 1.73 bits per heavy atom. The minimum absolute atomic E-state index is 0.0862. The van der Waals surface area contributed by atoms with Crippen LogP contribution >= 0.6 is 15.9 Å². The molecule has 1 fully saturated rings. The van der Waals surface area contributed by atoms with E-state index in [1.165, 1.54) is 18.2 Å². The number of halogens is 1. The zero-order chi connectivity index (χ0) is 29.2. The molecule has 0 spiro atoms. The van der Waals surface area contributed by atoms with Crippen molar-refractivity contribution in [1.82, 2.24) is 10.6 Å². The summed E-state index contributed by atoms with van der Waals surface area (Å²) in [6.45, 7) is 1.71. The topological polar surface area (TPSA) is 128 Å². The number of nitrogens with two attached hydrogens (primary N) is 1. The summed E-state index contributed by atoms with van der Waals surface area (Å²) in [5, 5.41) is 7.20. The zero-order valence-corrected chi connectivity index (χ0v) is 24.9. The molecule has 1 heterocycles. The number of rotatable bonds is 12. The van der Waals surface area contributed by atoms with Crippen molar-refractivity contribution < 1.29 is 22.7 Å². The smallest absolute Gasteiger partial charge is 0.237 e. The number of carbonyl (C=O) groups is 2. The van der Waals surface area contributed by atoms with Crippen molar-refractivity contribution in [2.45, 2.75) is 42.3 Å². The van der Waals surface area contributed by atoms with Crippen molar-refractivity contribution in [3.63, 3.8) is 0 Å². The molecule has 10 heteroatoms.